The highest BCUT2D eigenvalue weighted by molar-refractivity contribution is 6.31. The van der Waals surface area contributed by atoms with E-state index in [1.165, 1.54) is 12.1 Å². The topological polar surface area (TPSA) is 112 Å². The van der Waals surface area contributed by atoms with Gasteiger partial charge in [-0.2, -0.15) is 0 Å². The average molecular weight is 440 g/mol. The third kappa shape index (κ3) is 5.88. The molecule has 0 aliphatic heterocycles. The van der Waals surface area contributed by atoms with Gasteiger partial charge >= 0.3 is 0 Å². The van der Waals surface area contributed by atoms with E-state index in [4.69, 9.17) is 11.6 Å². The number of nitrogens with one attached hydrogen (secondary N) is 2. The van der Waals surface area contributed by atoms with Crippen molar-refractivity contribution in [2.24, 2.45) is 0 Å². The highest BCUT2D eigenvalue weighted by atomic mass is 35.5. The number of carbonyl (C=O) groups is 2. The Balaban J connectivity index is 1.77. The predicted molar refractivity (Wildman–Crippen MR) is 117 cm³/mol. The number of aliphatic hydroxyl groups excluding tert-OH is 2. The minimum Gasteiger partial charge on any atom is -0.394 e. The van der Waals surface area contributed by atoms with Gasteiger partial charge in [-0.15, -0.1) is 0 Å². The average Bonchev–Trinajstić information content (AvgIpc) is 2.81. The van der Waals surface area contributed by atoms with Crippen molar-refractivity contribution in [2.75, 3.05) is 13.2 Å². The lowest BCUT2D eigenvalue weighted by Crippen LogP contribution is -2.33. The standard InChI is InChI=1S/C23H22ClN3O4/c24-17-11-18(22(30)26-20(13-28)15-7-3-1-4-8-15)25-19(12-17)23(31)27-21(14-29)16-9-5-2-6-10-16/h1-12,20-21,28-29H,13-14H2,(H,26,30)(H,27,31)/t20-,21-/m1/s1. The SMILES string of the molecule is O=C(N[C@H](CO)c1ccccc1)c1cc(Cl)cc(C(=O)N[C@H](CO)c2ccccc2)n1. The van der Waals surface area contributed by atoms with Crippen molar-refractivity contribution in [1.82, 2.24) is 15.6 Å². The molecular weight excluding hydrogens is 418 g/mol. The van der Waals surface area contributed by atoms with E-state index in [0.717, 1.165) is 11.1 Å². The van der Waals surface area contributed by atoms with Gasteiger partial charge in [-0.1, -0.05) is 72.3 Å². The van der Waals surface area contributed by atoms with Crippen LogP contribution in [0.4, 0.5) is 0 Å². The van der Waals surface area contributed by atoms with Gasteiger partial charge in [-0.05, 0) is 23.3 Å². The lowest BCUT2D eigenvalue weighted by atomic mass is 10.1. The molecule has 2 atom stereocenters. The summed E-state index contributed by atoms with van der Waals surface area (Å²) in [4.78, 5) is 29.5. The Morgan fingerprint density at radius 3 is 1.52 bits per heavy atom. The van der Waals surface area contributed by atoms with Crippen LogP contribution in [0.5, 0.6) is 0 Å². The molecule has 3 aromatic rings. The van der Waals surface area contributed by atoms with Crippen LogP contribution < -0.4 is 10.6 Å². The molecule has 160 valence electrons. The Hall–Kier alpha value is -3.26. The molecule has 0 saturated carbocycles. The van der Waals surface area contributed by atoms with Crippen LogP contribution in [0.3, 0.4) is 0 Å². The van der Waals surface area contributed by atoms with Gasteiger partial charge in [-0.25, -0.2) is 4.98 Å². The maximum Gasteiger partial charge on any atom is 0.270 e. The van der Waals surface area contributed by atoms with Gasteiger partial charge in [0.05, 0.1) is 25.3 Å². The number of hydrogen-bond donors (Lipinski definition) is 4. The van der Waals surface area contributed by atoms with Crippen LogP contribution in [0.15, 0.2) is 72.8 Å². The van der Waals surface area contributed by atoms with Crippen molar-refractivity contribution in [3.63, 3.8) is 0 Å². The highest BCUT2D eigenvalue weighted by Crippen LogP contribution is 2.17. The molecule has 0 aliphatic carbocycles. The summed E-state index contributed by atoms with van der Waals surface area (Å²) in [6.45, 7) is -0.613. The Bertz CT molecular complexity index is 952. The molecular formula is C23H22ClN3O4. The molecule has 0 fully saturated rings. The van der Waals surface area contributed by atoms with Crippen molar-refractivity contribution in [2.45, 2.75) is 12.1 Å². The van der Waals surface area contributed by atoms with E-state index in [2.05, 4.69) is 15.6 Å². The molecule has 0 radical (unpaired) electrons. The first-order valence-corrected chi connectivity index (χ1v) is 10.0. The summed E-state index contributed by atoms with van der Waals surface area (Å²) < 4.78 is 0. The second-order valence-corrected chi connectivity index (χ2v) is 7.23. The molecule has 4 N–H and O–H groups in total. The summed E-state index contributed by atoms with van der Waals surface area (Å²) >= 11 is 6.11. The lowest BCUT2D eigenvalue weighted by molar-refractivity contribution is 0.0905. The van der Waals surface area contributed by atoms with Crippen molar-refractivity contribution in [1.29, 1.82) is 0 Å². The molecule has 0 unspecified atom stereocenters. The van der Waals surface area contributed by atoms with E-state index < -0.39 is 23.9 Å². The molecule has 0 saturated heterocycles. The van der Waals surface area contributed by atoms with Gasteiger partial charge < -0.3 is 20.8 Å². The van der Waals surface area contributed by atoms with E-state index >= 15 is 0 Å². The molecule has 0 aliphatic rings. The van der Waals surface area contributed by atoms with Gasteiger partial charge in [0.1, 0.15) is 11.4 Å². The van der Waals surface area contributed by atoms with Gasteiger partial charge in [0.2, 0.25) is 0 Å². The summed E-state index contributed by atoms with van der Waals surface area (Å²) in [5.41, 5.74) is 1.33. The number of nitrogens with zero attached hydrogens (tertiary/aromatic N) is 1. The minimum absolute atomic E-state index is 0.0627. The van der Waals surface area contributed by atoms with Crippen LogP contribution in [0.2, 0.25) is 5.02 Å². The van der Waals surface area contributed by atoms with E-state index in [-0.39, 0.29) is 29.6 Å². The number of halogens is 1. The molecule has 7 nitrogen and oxygen atoms in total. The second-order valence-electron chi connectivity index (χ2n) is 6.79. The van der Waals surface area contributed by atoms with Crippen molar-refractivity contribution in [3.8, 4) is 0 Å². The zero-order valence-electron chi connectivity index (χ0n) is 16.5. The number of aliphatic hydroxyl groups is 2. The van der Waals surface area contributed by atoms with Gasteiger partial charge in [0, 0.05) is 5.02 Å². The zero-order chi connectivity index (χ0) is 22.2. The summed E-state index contributed by atoms with van der Waals surface area (Å²) in [7, 11) is 0. The third-order valence-corrected chi connectivity index (χ3v) is 4.85. The van der Waals surface area contributed by atoms with Gasteiger partial charge in [0.25, 0.3) is 11.8 Å². The normalized spacial score (nSPS) is 12.6. The van der Waals surface area contributed by atoms with Crippen LogP contribution in [0, 0.1) is 0 Å². The second kappa shape index (κ2) is 10.7. The molecule has 0 spiro atoms. The molecule has 1 heterocycles. The number of aromatic nitrogens is 1. The first-order chi connectivity index (χ1) is 15.0. The number of hydrogen-bond acceptors (Lipinski definition) is 5. The quantitative estimate of drug-likeness (QED) is 0.431. The maximum absolute atomic E-state index is 12.7. The van der Waals surface area contributed by atoms with Crippen LogP contribution in [0.25, 0.3) is 0 Å². The Labute approximate surface area is 184 Å². The first kappa shape index (κ1) is 22.4. The van der Waals surface area contributed by atoms with E-state index in [0.29, 0.717) is 0 Å². The molecule has 31 heavy (non-hydrogen) atoms. The number of rotatable bonds is 8. The largest absolute Gasteiger partial charge is 0.394 e. The first-order valence-electron chi connectivity index (χ1n) is 9.62. The van der Waals surface area contributed by atoms with Gasteiger partial charge in [-0.3, -0.25) is 9.59 Å². The van der Waals surface area contributed by atoms with Crippen molar-refractivity contribution >= 4 is 23.4 Å². The fourth-order valence-electron chi connectivity index (χ4n) is 3.03. The van der Waals surface area contributed by atoms with Gasteiger partial charge in [0.15, 0.2) is 0 Å². The maximum atomic E-state index is 12.7. The molecule has 1 aromatic heterocycles. The van der Waals surface area contributed by atoms with Crippen LogP contribution in [-0.2, 0) is 0 Å². The summed E-state index contributed by atoms with van der Waals surface area (Å²) in [6, 6.07) is 19.4. The fourth-order valence-corrected chi connectivity index (χ4v) is 3.24. The predicted octanol–water partition coefficient (Wildman–Crippen LogP) is 2.66. The molecule has 8 heteroatoms. The lowest BCUT2D eigenvalue weighted by Gasteiger charge is -2.18. The zero-order valence-corrected chi connectivity index (χ0v) is 17.3. The van der Waals surface area contributed by atoms with Crippen LogP contribution in [0.1, 0.15) is 44.2 Å². The minimum atomic E-state index is -0.636. The van der Waals surface area contributed by atoms with Crippen LogP contribution in [-0.4, -0.2) is 40.2 Å². The smallest absolute Gasteiger partial charge is 0.270 e. The Morgan fingerprint density at radius 2 is 1.16 bits per heavy atom. The number of pyridine rings is 1. The number of amides is 2. The van der Waals surface area contributed by atoms with E-state index in [1.54, 1.807) is 48.5 Å². The monoisotopic (exact) mass is 439 g/mol. The van der Waals surface area contributed by atoms with Crippen molar-refractivity contribution in [3.05, 3.63) is 100 Å². The highest BCUT2D eigenvalue weighted by Gasteiger charge is 2.20. The van der Waals surface area contributed by atoms with Crippen LogP contribution >= 0.6 is 11.6 Å². The van der Waals surface area contributed by atoms with E-state index in [1.807, 2.05) is 12.1 Å². The van der Waals surface area contributed by atoms with E-state index in [9.17, 15) is 19.8 Å². The Morgan fingerprint density at radius 1 is 0.774 bits per heavy atom. The fraction of sp³-hybridized carbons (Fsp3) is 0.174. The molecule has 3 rings (SSSR count). The summed E-state index contributed by atoms with van der Waals surface area (Å²) in [5.74, 6) is -1.16. The molecule has 0 bridgehead atoms. The number of carbonyl (C=O) groups excluding carboxylic acids is 2. The number of benzene rings is 2. The molecule has 2 aromatic carbocycles. The third-order valence-electron chi connectivity index (χ3n) is 4.64. The summed E-state index contributed by atoms with van der Waals surface area (Å²) in [6.07, 6.45) is 0. The van der Waals surface area contributed by atoms with Crippen molar-refractivity contribution < 1.29 is 19.8 Å². The Kier molecular flexibility index (Phi) is 7.72. The molecule has 2 amide bonds. The summed E-state index contributed by atoms with van der Waals surface area (Å²) in [5, 5.41) is 24.9.